The minimum absolute atomic E-state index is 0.637. The van der Waals surface area contributed by atoms with Crippen molar-refractivity contribution in [1.82, 2.24) is 9.80 Å². The molecule has 0 aromatic rings. The molecule has 0 spiro atoms. The predicted molar refractivity (Wildman–Crippen MR) is 228 cm³/mol. The fraction of sp³-hybridized carbons (Fsp3) is 0.958. The molecule has 1 rings (SSSR count). The Morgan fingerprint density at radius 1 is 0.260 bits per heavy atom. The van der Waals surface area contributed by atoms with Crippen molar-refractivity contribution in [2.75, 3.05) is 13.1 Å². The summed E-state index contributed by atoms with van der Waals surface area (Å²) in [4.78, 5) is 5.47. The van der Waals surface area contributed by atoms with E-state index < -0.39 is 0 Å². The van der Waals surface area contributed by atoms with Crippen LogP contribution in [0.2, 0.25) is 0 Å². The van der Waals surface area contributed by atoms with Gasteiger partial charge in [-0.05, 0) is 25.7 Å². The fourth-order valence-corrected chi connectivity index (χ4v) is 8.31. The molecule has 50 heavy (non-hydrogen) atoms. The summed E-state index contributed by atoms with van der Waals surface area (Å²) in [5, 5.41) is 0. The Morgan fingerprint density at radius 2 is 0.460 bits per heavy atom. The summed E-state index contributed by atoms with van der Waals surface area (Å²) in [6, 6.07) is 0. The second kappa shape index (κ2) is 39.5. The highest BCUT2D eigenvalue weighted by atomic mass is 15.4. The first-order valence-corrected chi connectivity index (χ1v) is 24.0. The molecular weight excluding hydrogens is 605 g/mol. The lowest BCUT2D eigenvalue weighted by Crippen LogP contribution is -2.39. The molecule has 298 valence electrons. The quantitative estimate of drug-likeness (QED) is 0.0585. The third-order valence-electron chi connectivity index (χ3n) is 11.8. The van der Waals surface area contributed by atoms with Crippen LogP contribution < -0.4 is 0 Å². The largest absolute Gasteiger partial charge is 0.356 e. The van der Waals surface area contributed by atoms with E-state index in [4.69, 9.17) is 0 Å². The maximum Gasteiger partial charge on any atom is 0.101 e. The van der Waals surface area contributed by atoms with Crippen LogP contribution in [0.25, 0.3) is 0 Å². The molecule has 1 aliphatic heterocycles. The van der Waals surface area contributed by atoms with Crippen LogP contribution in [0.5, 0.6) is 0 Å². The second-order valence-corrected chi connectivity index (χ2v) is 16.8. The number of rotatable bonds is 42. The molecule has 2 heteroatoms. The van der Waals surface area contributed by atoms with Gasteiger partial charge in [-0.1, -0.05) is 252 Å². The molecule has 0 aromatic carbocycles. The average molecular weight is 701 g/mol. The molecular formula is C48H96N2. The third kappa shape index (κ3) is 30.9. The summed E-state index contributed by atoms with van der Waals surface area (Å²) < 4.78 is 0. The highest BCUT2D eigenvalue weighted by molar-refractivity contribution is 4.97. The van der Waals surface area contributed by atoms with E-state index in [9.17, 15) is 0 Å². The smallest absolute Gasteiger partial charge is 0.101 e. The van der Waals surface area contributed by atoms with Gasteiger partial charge in [0, 0.05) is 25.5 Å². The van der Waals surface area contributed by atoms with Gasteiger partial charge in [0.2, 0.25) is 0 Å². The number of hydrogen-bond donors (Lipinski definition) is 0. The highest BCUT2D eigenvalue weighted by Crippen LogP contribution is 2.24. The van der Waals surface area contributed by atoms with Crippen molar-refractivity contribution in [3.63, 3.8) is 0 Å². The van der Waals surface area contributed by atoms with Gasteiger partial charge in [-0.2, -0.15) is 0 Å². The summed E-state index contributed by atoms with van der Waals surface area (Å²) in [6.45, 7) is 9.49. The fourth-order valence-electron chi connectivity index (χ4n) is 8.31. The summed E-state index contributed by atoms with van der Waals surface area (Å²) in [5.41, 5.74) is 0. The van der Waals surface area contributed by atoms with Crippen molar-refractivity contribution in [3.8, 4) is 0 Å². The van der Waals surface area contributed by atoms with Crippen molar-refractivity contribution in [1.29, 1.82) is 0 Å². The second-order valence-electron chi connectivity index (χ2n) is 16.8. The molecule has 0 saturated carbocycles. The zero-order chi connectivity index (χ0) is 35.8. The van der Waals surface area contributed by atoms with Crippen LogP contribution in [0, 0.1) is 0 Å². The molecule has 1 unspecified atom stereocenters. The van der Waals surface area contributed by atoms with Crippen LogP contribution in [-0.2, 0) is 0 Å². The normalized spacial score (nSPS) is 14.5. The Kier molecular flexibility index (Phi) is 37.5. The van der Waals surface area contributed by atoms with Crippen LogP contribution >= 0.6 is 0 Å². The van der Waals surface area contributed by atoms with Gasteiger partial charge in [-0.25, -0.2) is 0 Å². The van der Waals surface area contributed by atoms with Crippen LogP contribution in [-0.4, -0.2) is 29.1 Å². The Morgan fingerprint density at radius 3 is 0.700 bits per heavy atom. The SMILES string of the molecule is CCCCCCCCCCCCCCCCCCCC1N(CCCCCCCCCCC)C=CN1CCCCCCCCCCCCCCC. The summed E-state index contributed by atoms with van der Waals surface area (Å²) in [7, 11) is 0. The van der Waals surface area contributed by atoms with Gasteiger partial charge < -0.3 is 9.80 Å². The van der Waals surface area contributed by atoms with Crippen LogP contribution in [0.15, 0.2) is 12.4 Å². The van der Waals surface area contributed by atoms with Crippen molar-refractivity contribution >= 4 is 0 Å². The van der Waals surface area contributed by atoms with Crippen molar-refractivity contribution in [2.45, 2.75) is 284 Å². The minimum Gasteiger partial charge on any atom is -0.356 e. The molecule has 2 nitrogen and oxygen atoms in total. The van der Waals surface area contributed by atoms with Gasteiger partial charge in [0.05, 0.1) is 0 Å². The predicted octanol–water partition coefficient (Wildman–Crippen LogP) is 17.1. The molecule has 0 amide bonds. The van der Waals surface area contributed by atoms with Crippen molar-refractivity contribution < 1.29 is 0 Å². The van der Waals surface area contributed by atoms with Crippen LogP contribution in [0.3, 0.4) is 0 Å². The molecule has 1 heterocycles. The van der Waals surface area contributed by atoms with Gasteiger partial charge in [-0.15, -0.1) is 0 Å². The topological polar surface area (TPSA) is 6.48 Å². The monoisotopic (exact) mass is 701 g/mol. The van der Waals surface area contributed by atoms with E-state index in [0.29, 0.717) is 6.17 Å². The molecule has 0 aromatic heterocycles. The Hall–Kier alpha value is -0.660. The zero-order valence-corrected chi connectivity index (χ0v) is 35.3. The zero-order valence-electron chi connectivity index (χ0n) is 35.3. The molecule has 0 radical (unpaired) electrons. The molecule has 0 fully saturated rings. The average Bonchev–Trinajstić information content (AvgIpc) is 3.51. The van der Waals surface area contributed by atoms with Crippen molar-refractivity contribution in [2.24, 2.45) is 0 Å². The van der Waals surface area contributed by atoms with Gasteiger partial charge in [0.25, 0.3) is 0 Å². The summed E-state index contributed by atoms with van der Waals surface area (Å²) >= 11 is 0. The summed E-state index contributed by atoms with van der Waals surface area (Å²) in [5.74, 6) is 0. The first-order valence-electron chi connectivity index (χ1n) is 24.0. The maximum atomic E-state index is 2.73. The van der Waals surface area contributed by atoms with Gasteiger partial charge >= 0.3 is 0 Å². The maximum absolute atomic E-state index is 2.73. The Balaban J connectivity index is 2.17. The number of nitrogens with zero attached hydrogens (tertiary/aromatic N) is 2. The van der Waals surface area contributed by atoms with E-state index in [0.717, 1.165) is 0 Å². The molecule has 1 aliphatic rings. The van der Waals surface area contributed by atoms with E-state index >= 15 is 0 Å². The number of hydrogen-bond acceptors (Lipinski definition) is 2. The lowest BCUT2D eigenvalue weighted by atomic mass is 10.0. The molecule has 0 aliphatic carbocycles. The van der Waals surface area contributed by atoms with Gasteiger partial charge in [-0.3, -0.25) is 0 Å². The van der Waals surface area contributed by atoms with E-state index in [2.05, 4.69) is 43.0 Å². The van der Waals surface area contributed by atoms with E-state index in [-0.39, 0.29) is 0 Å². The van der Waals surface area contributed by atoms with Crippen LogP contribution in [0.4, 0.5) is 0 Å². The minimum atomic E-state index is 0.637. The van der Waals surface area contributed by atoms with E-state index in [1.165, 1.54) is 270 Å². The first-order chi connectivity index (χ1) is 24.8. The standard InChI is InChI=1S/C48H96N2/c1-4-7-10-13-16-19-21-23-24-25-26-27-29-31-34-37-40-43-48-49(44-41-38-35-32-18-15-12-9-6-3)46-47-50(48)45-42-39-36-33-30-28-22-20-17-14-11-8-5-2/h46-48H,4-45H2,1-3H3. The number of unbranched alkanes of at least 4 members (excludes halogenated alkanes) is 36. The molecule has 1 atom stereocenters. The Labute approximate surface area is 318 Å². The lowest BCUT2D eigenvalue weighted by Gasteiger charge is -2.33. The van der Waals surface area contributed by atoms with Gasteiger partial charge in [0.15, 0.2) is 0 Å². The molecule has 0 saturated heterocycles. The van der Waals surface area contributed by atoms with Crippen molar-refractivity contribution in [3.05, 3.63) is 12.4 Å². The Bertz CT molecular complexity index is 659. The van der Waals surface area contributed by atoms with Crippen LogP contribution in [0.1, 0.15) is 278 Å². The van der Waals surface area contributed by atoms with Gasteiger partial charge in [0.1, 0.15) is 6.17 Å². The highest BCUT2D eigenvalue weighted by Gasteiger charge is 2.24. The lowest BCUT2D eigenvalue weighted by molar-refractivity contribution is 0.135. The summed E-state index contributed by atoms with van der Waals surface area (Å²) in [6.07, 6.45) is 63.4. The molecule has 0 N–H and O–H groups in total. The van der Waals surface area contributed by atoms with E-state index in [1.807, 2.05) is 0 Å². The van der Waals surface area contributed by atoms with E-state index in [1.54, 1.807) is 0 Å². The molecule has 0 bridgehead atoms. The first kappa shape index (κ1) is 47.4. The third-order valence-corrected chi connectivity index (χ3v) is 11.8.